The van der Waals surface area contributed by atoms with Crippen LogP contribution in [-0.4, -0.2) is 0 Å². The van der Waals surface area contributed by atoms with E-state index in [9.17, 15) is 0 Å². The fourth-order valence-corrected chi connectivity index (χ4v) is 2.64. The highest BCUT2D eigenvalue weighted by atomic mass is 31.1. The minimum Gasteiger partial charge on any atom is -0.0790 e. The summed E-state index contributed by atoms with van der Waals surface area (Å²) >= 11 is 0. The van der Waals surface area contributed by atoms with E-state index in [-0.39, 0.29) is 7.92 Å². The van der Waals surface area contributed by atoms with E-state index < -0.39 is 0 Å². The first kappa shape index (κ1) is 6.12. The molecule has 49 valence electrons. The summed E-state index contributed by atoms with van der Waals surface area (Å²) in [7, 11) is -0.0886. The molecule has 10 heavy (non-hydrogen) atoms. The van der Waals surface area contributed by atoms with Crippen molar-refractivity contribution in [3.8, 4) is 0 Å². The average Bonchev–Trinajstić information content (AvgIpc) is 2.05. The predicted octanol–water partition coefficient (Wildman–Crippen LogP) is 3.16. The van der Waals surface area contributed by atoms with E-state index >= 15 is 0 Å². The van der Waals surface area contributed by atoms with Crippen molar-refractivity contribution in [2.45, 2.75) is 6.42 Å². The van der Waals surface area contributed by atoms with Crippen molar-refractivity contribution in [1.29, 1.82) is 0 Å². The first-order chi connectivity index (χ1) is 4.97. The maximum absolute atomic E-state index is 3.34. The second-order valence-corrected chi connectivity index (χ2v) is 4.15. The monoisotopic (exact) mass is 147 g/mol. The Hall–Kier alpha value is -0.610. The molecule has 0 saturated heterocycles. The van der Waals surface area contributed by atoms with E-state index in [1.165, 1.54) is 5.31 Å². The zero-order valence-electron chi connectivity index (χ0n) is 5.62. The molecule has 2 aliphatic rings. The van der Waals surface area contributed by atoms with Crippen molar-refractivity contribution < 1.29 is 0 Å². The number of hydrogen-bond acceptors (Lipinski definition) is 0. The predicted molar refractivity (Wildman–Crippen MR) is 45.7 cm³/mol. The average molecular weight is 147 g/mol. The van der Waals surface area contributed by atoms with E-state index in [0.29, 0.717) is 0 Å². The molecule has 1 atom stereocenters. The topological polar surface area (TPSA) is 0 Å². The first-order valence-corrected chi connectivity index (χ1v) is 4.85. The molecule has 0 amide bonds. The fraction of sp³-hybridized carbons (Fsp3) is 0.111. The van der Waals surface area contributed by atoms with Gasteiger partial charge in [0.05, 0.1) is 0 Å². The van der Waals surface area contributed by atoms with Crippen LogP contribution in [0.15, 0.2) is 41.3 Å². The van der Waals surface area contributed by atoms with Crippen molar-refractivity contribution in [2.24, 2.45) is 0 Å². The SMILES string of the molecule is [C]1=C2C=CC=CP2C=CC1. The Morgan fingerprint density at radius 1 is 1.30 bits per heavy atom. The lowest BCUT2D eigenvalue weighted by Crippen LogP contribution is -1.82. The molecule has 0 aromatic heterocycles. The van der Waals surface area contributed by atoms with Gasteiger partial charge in [-0.05, 0) is 25.7 Å². The normalized spacial score (nSPS) is 28.0. The Balaban J connectivity index is 2.33. The van der Waals surface area contributed by atoms with Gasteiger partial charge in [-0.2, -0.15) is 0 Å². The summed E-state index contributed by atoms with van der Waals surface area (Å²) < 4.78 is 0. The van der Waals surface area contributed by atoms with Crippen molar-refractivity contribution in [2.75, 3.05) is 0 Å². The molecule has 1 unspecified atom stereocenters. The Morgan fingerprint density at radius 3 is 3.20 bits per heavy atom. The van der Waals surface area contributed by atoms with Gasteiger partial charge < -0.3 is 0 Å². The molecule has 1 radical (unpaired) electrons. The highest BCUT2D eigenvalue weighted by molar-refractivity contribution is 7.68. The largest absolute Gasteiger partial charge is 0.0790 e. The fourth-order valence-electron chi connectivity index (χ4n) is 1.07. The third-order valence-electron chi connectivity index (χ3n) is 1.56. The van der Waals surface area contributed by atoms with Gasteiger partial charge in [0.1, 0.15) is 0 Å². The van der Waals surface area contributed by atoms with Gasteiger partial charge in [0, 0.05) is 0 Å². The second kappa shape index (κ2) is 2.56. The highest BCUT2D eigenvalue weighted by Crippen LogP contribution is 2.51. The number of hydrogen-bond donors (Lipinski definition) is 0. The number of fused-ring (bicyclic) bond motifs is 1. The minimum atomic E-state index is -0.0886. The van der Waals surface area contributed by atoms with Crippen LogP contribution in [0.5, 0.6) is 0 Å². The maximum Gasteiger partial charge on any atom is -0.00841 e. The van der Waals surface area contributed by atoms with E-state index in [2.05, 4.69) is 42.0 Å². The second-order valence-electron chi connectivity index (χ2n) is 2.26. The summed E-state index contributed by atoms with van der Waals surface area (Å²) in [5.41, 5.74) is 0. The van der Waals surface area contributed by atoms with E-state index in [1.807, 2.05) is 0 Å². The molecule has 2 aliphatic heterocycles. The van der Waals surface area contributed by atoms with Crippen LogP contribution in [0.3, 0.4) is 0 Å². The van der Waals surface area contributed by atoms with Crippen LogP contribution in [0.2, 0.25) is 0 Å². The van der Waals surface area contributed by atoms with Crippen LogP contribution >= 0.6 is 7.92 Å². The van der Waals surface area contributed by atoms with Gasteiger partial charge in [-0.1, -0.05) is 35.9 Å². The smallest absolute Gasteiger partial charge is 0.00841 e. The molecule has 0 aromatic carbocycles. The third-order valence-corrected chi connectivity index (χ3v) is 3.45. The zero-order chi connectivity index (χ0) is 6.81. The van der Waals surface area contributed by atoms with Crippen molar-refractivity contribution in [3.05, 3.63) is 47.3 Å². The summed E-state index contributed by atoms with van der Waals surface area (Å²) in [4.78, 5) is 0. The standard InChI is InChI=1S/C9H8P/c1-3-7-10-8-4-2-6-9(10)5-1/h1,3-5,7-8H,2H2. The van der Waals surface area contributed by atoms with Crippen LogP contribution in [0.4, 0.5) is 0 Å². The lowest BCUT2D eigenvalue weighted by atomic mass is 10.3. The molecule has 0 bridgehead atoms. The zero-order valence-corrected chi connectivity index (χ0v) is 6.51. The van der Waals surface area contributed by atoms with Gasteiger partial charge >= 0.3 is 0 Å². The summed E-state index contributed by atoms with van der Waals surface area (Å²) in [5.74, 6) is 4.55. The molecule has 0 N–H and O–H groups in total. The summed E-state index contributed by atoms with van der Waals surface area (Å²) in [6, 6.07) is 0. The number of allylic oxidation sites excluding steroid dienone is 6. The molecule has 0 spiro atoms. The molecule has 0 aliphatic carbocycles. The van der Waals surface area contributed by atoms with E-state index in [0.717, 1.165) is 6.42 Å². The van der Waals surface area contributed by atoms with Gasteiger partial charge in [0.2, 0.25) is 0 Å². The van der Waals surface area contributed by atoms with Gasteiger partial charge in [-0.25, -0.2) is 0 Å². The molecular formula is C9H8P. The summed E-state index contributed by atoms with van der Waals surface area (Å²) in [6.07, 6.45) is 12.9. The Bertz CT molecular complexity index is 243. The molecule has 0 fully saturated rings. The van der Waals surface area contributed by atoms with Crippen LogP contribution in [0.25, 0.3) is 0 Å². The molecule has 0 aromatic rings. The van der Waals surface area contributed by atoms with Gasteiger partial charge in [-0.3, -0.25) is 0 Å². The number of rotatable bonds is 0. The van der Waals surface area contributed by atoms with Crippen molar-refractivity contribution in [3.63, 3.8) is 0 Å². The molecular weight excluding hydrogens is 139 g/mol. The van der Waals surface area contributed by atoms with Crippen molar-refractivity contribution in [1.82, 2.24) is 0 Å². The van der Waals surface area contributed by atoms with E-state index in [1.54, 1.807) is 0 Å². The minimum absolute atomic E-state index is 0.0886. The molecule has 1 heteroatoms. The summed E-state index contributed by atoms with van der Waals surface area (Å²) in [6.45, 7) is 0. The van der Waals surface area contributed by atoms with Gasteiger partial charge in [0.25, 0.3) is 0 Å². The lowest BCUT2D eigenvalue weighted by Gasteiger charge is -2.15. The third kappa shape index (κ3) is 0.998. The molecule has 0 saturated carbocycles. The van der Waals surface area contributed by atoms with Crippen LogP contribution < -0.4 is 0 Å². The Labute approximate surface area is 62.4 Å². The first-order valence-electron chi connectivity index (χ1n) is 3.37. The van der Waals surface area contributed by atoms with E-state index in [4.69, 9.17) is 0 Å². The van der Waals surface area contributed by atoms with Gasteiger partial charge in [-0.15, -0.1) is 0 Å². The molecule has 0 nitrogen and oxygen atoms in total. The lowest BCUT2D eigenvalue weighted by molar-refractivity contribution is 1.32. The van der Waals surface area contributed by atoms with Crippen LogP contribution in [0.1, 0.15) is 6.42 Å². The molecule has 2 rings (SSSR count). The Kier molecular flexibility index (Phi) is 1.56. The van der Waals surface area contributed by atoms with Crippen LogP contribution in [0, 0.1) is 6.08 Å². The maximum atomic E-state index is 3.34. The quantitative estimate of drug-likeness (QED) is 0.461. The van der Waals surface area contributed by atoms with Crippen LogP contribution in [-0.2, 0) is 0 Å². The van der Waals surface area contributed by atoms with Crippen molar-refractivity contribution >= 4 is 7.92 Å². The summed E-state index contributed by atoms with van der Waals surface area (Å²) in [5, 5.41) is 1.39. The molecule has 2 heterocycles. The highest BCUT2D eigenvalue weighted by Gasteiger charge is 2.08. The van der Waals surface area contributed by atoms with Gasteiger partial charge in [0.15, 0.2) is 0 Å². The Morgan fingerprint density at radius 2 is 2.30 bits per heavy atom.